The van der Waals surface area contributed by atoms with Crippen LogP contribution >= 0.6 is 11.6 Å². The van der Waals surface area contributed by atoms with E-state index in [-0.39, 0.29) is 12.0 Å². The molecule has 1 fully saturated rings. The summed E-state index contributed by atoms with van der Waals surface area (Å²) >= 11 is 6.47. The van der Waals surface area contributed by atoms with Crippen molar-refractivity contribution < 1.29 is 9.53 Å². The summed E-state index contributed by atoms with van der Waals surface area (Å²) in [6.07, 6.45) is 9.63. The number of pyridine rings is 1. The lowest BCUT2D eigenvalue weighted by Gasteiger charge is -2.37. The molecule has 1 aromatic carbocycles. The Labute approximate surface area is 218 Å². The van der Waals surface area contributed by atoms with Crippen molar-refractivity contribution in [3.63, 3.8) is 0 Å². The molecule has 3 aromatic rings. The van der Waals surface area contributed by atoms with Gasteiger partial charge in [-0.25, -0.2) is 9.78 Å². The van der Waals surface area contributed by atoms with Crippen LogP contribution in [0.2, 0.25) is 5.02 Å². The summed E-state index contributed by atoms with van der Waals surface area (Å²) in [5, 5.41) is 0.722. The molecule has 7 heteroatoms. The highest BCUT2D eigenvalue weighted by molar-refractivity contribution is 6.30. The van der Waals surface area contributed by atoms with E-state index in [2.05, 4.69) is 40.0 Å². The number of ether oxygens (including phenoxy) is 1. The number of hydrogen-bond acceptors (Lipinski definition) is 4. The number of hydrogen-bond donors (Lipinski definition) is 0. The van der Waals surface area contributed by atoms with E-state index in [0.29, 0.717) is 25.6 Å². The van der Waals surface area contributed by atoms with Gasteiger partial charge in [0, 0.05) is 48.5 Å². The van der Waals surface area contributed by atoms with Gasteiger partial charge < -0.3 is 14.2 Å². The number of amides is 1. The van der Waals surface area contributed by atoms with Crippen LogP contribution in [0, 0.1) is 12.8 Å². The first-order valence-electron chi connectivity index (χ1n) is 12.6. The van der Waals surface area contributed by atoms with E-state index in [1.54, 1.807) is 0 Å². The van der Waals surface area contributed by atoms with Gasteiger partial charge in [0.25, 0.3) is 0 Å². The Kier molecular flexibility index (Phi) is 6.64. The lowest BCUT2D eigenvalue weighted by molar-refractivity contribution is 0.0178. The Bertz CT molecular complexity index is 1300. The predicted molar refractivity (Wildman–Crippen MR) is 143 cm³/mol. The average Bonchev–Trinajstić information content (AvgIpc) is 3.18. The molecule has 36 heavy (non-hydrogen) atoms. The van der Waals surface area contributed by atoms with Gasteiger partial charge in [0.2, 0.25) is 0 Å². The van der Waals surface area contributed by atoms with Crippen LogP contribution in [0.15, 0.2) is 49.1 Å². The monoisotopic (exact) mass is 504 g/mol. The molecule has 0 N–H and O–H groups in total. The first kappa shape index (κ1) is 24.6. The number of aromatic nitrogens is 3. The molecule has 1 atom stereocenters. The van der Waals surface area contributed by atoms with Crippen LogP contribution in [0.25, 0.3) is 11.6 Å². The zero-order valence-corrected chi connectivity index (χ0v) is 22.1. The van der Waals surface area contributed by atoms with Crippen LogP contribution in [-0.2, 0) is 11.3 Å². The Morgan fingerprint density at radius 2 is 1.94 bits per heavy atom. The summed E-state index contributed by atoms with van der Waals surface area (Å²) in [5.41, 5.74) is 6.32. The van der Waals surface area contributed by atoms with Gasteiger partial charge in [-0.05, 0) is 87.4 Å². The topological polar surface area (TPSA) is 60.2 Å². The van der Waals surface area contributed by atoms with E-state index >= 15 is 0 Å². The van der Waals surface area contributed by atoms with Gasteiger partial charge in [0.15, 0.2) is 0 Å². The summed E-state index contributed by atoms with van der Waals surface area (Å²) in [4.78, 5) is 23.9. The maximum absolute atomic E-state index is 12.7. The zero-order valence-electron chi connectivity index (χ0n) is 21.4. The smallest absolute Gasteiger partial charge is 0.410 e. The molecule has 1 amide bonds. The Balaban J connectivity index is 1.49. The second kappa shape index (κ2) is 9.74. The molecule has 0 saturated carbocycles. The maximum Gasteiger partial charge on any atom is 0.410 e. The molecule has 5 rings (SSSR count). The number of nitrogens with zero attached hydrogens (tertiary/aromatic N) is 4. The van der Waals surface area contributed by atoms with Crippen LogP contribution in [0.1, 0.15) is 67.6 Å². The summed E-state index contributed by atoms with van der Waals surface area (Å²) < 4.78 is 7.73. The van der Waals surface area contributed by atoms with Crippen molar-refractivity contribution in [2.75, 3.05) is 13.1 Å². The fourth-order valence-corrected chi connectivity index (χ4v) is 5.59. The number of fused-ring (bicyclic) bond motifs is 2. The predicted octanol–water partition coefficient (Wildman–Crippen LogP) is 6.57. The van der Waals surface area contributed by atoms with Crippen LogP contribution < -0.4 is 0 Å². The first-order chi connectivity index (χ1) is 17.2. The minimum absolute atomic E-state index is 0.118. The number of aryl methyl sites for hydroxylation is 1. The molecule has 3 heterocycles. The maximum atomic E-state index is 12.7. The SMILES string of the molecule is Cc1cn(CC2=Cc3cc(Cl)ccc3C(C3CCN(C(=O)OC(C)(C)C)CC3)c3ncccc32)cn1. The van der Waals surface area contributed by atoms with Crippen molar-refractivity contribution in [3.8, 4) is 0 Å². The highest BCUT2D eigenvalue weighted by atomic mass is 35.5. The van der Waals surface area contributed by atoms with Crippen molar-refractivity contribution in [2.24, 2.45) is 5.92 Å². The van der Waals surface area contributed by atoms with E-state index in [9.17, 15) is 4.79 Å². The lowest BCUT2D eigenvalue weighted by atomic mass is 9.76. The third-order valence-corrected chi connectivity index (χ3v) is 7.21. The lowest BCUT2D eigenvalue weighted by Crippen LogP contribution is -2.42. The average molecular weight is 505 g/mol. The minimum Gasteiger partial charge on any atom is -0.444 e. The number of halogens is 1. The zero-order chi connectivity index (χ0) is 25.4. The molecule has 1 aliphatic carbocycles. The van der Waals surface area contributed by atoms with E-state index in [4.69, 9.17) is 21.3 Å². The Morgan fingerprint density at radius 3 is 2.64 bits per heavy atom. The molecule has 1 unspecified atom stereocenters. The van der Waals surface area contributed by atoms with Gasteiger partial charge in [-0.2, -0.15) is 0 Å². The second-order valence-corrected chi connectivity index (χ2v) is 11.3. The van der Waals surface area contributed by atoms with E-state index in [1.807, 2.05) is 57.3 Å². The highest BCUT2D eigenvalue weighted by Crippen LogP contribution is 2.45. The van der Waals surface area contributed by atoms with E-state index < -0.39 is 5.60 Å². The minimum atomic E-state index is -0.494. The fraction of sp³-hybridized carbons (Fsp3) is 0.414. The molecule has 2 aliphatic rings. The molecule has 1 aliphatic heterocycles. The second-order valence-electron chi connectivity index (χ2n) is 10.8. The number of imidazole rings is 1. The molecule has 0 spiro atoms. The molecule has 6 nitrogen and oxygen atoms in total. The standard InChI is InChI=1S/C29H33ClN4O2/c1-19-16-33(18-32-19)17-22-14-21-15-23(30)7-8-24(21)26(27-25(22)6-5-11-31-27)20-9-12-34(13-10-20)28(35)36-29(2,3)4/h5-8,11,14-16,18,20,26H,9-10,12-13,17H2,1-4H3. The van der Waals surface area contributed by atoms with Crippen molar-refractivity contribution >= 4 is 29.3 Å². The third kappa shape index (κ3) is 5.19. The number of carbonyl (C=O) groups excluding carboxylic acids is 1. The molecule has 0 radical (unpaired) electrons. The quantitative estimate of drug-likeness (QED) is 0.404. The normalized spacial score (nSPS) is 18.2. The summed E-state index contributed by atoms with van der Waals surface area (Å²) in [5.74, 6) is 0.466. The number of piperidine rings is 1. The van der Waals surface area contributed by atoms with Crippen LogP contribution in [0.3, 0.4) is 0 Å². The molecule has 0 bridgehead atoms. The molecular weight excluding hydrogens is 472 g/mol. The number of allylic oxidation sites excluding steroid dienone is 1. The summed E-state index contributed by atoms with van der Waals surface area (Å²) in [6, 6.07) is 10.4. The van der Waals surface area contributed by atoms with Crippen molar-refractivity contribution in [3.05, 3.63) is 82.2 Å². The number of likely N-dealkylation sites (tertiary alicyclic amines) is 1. The molecule has 188 valence electrons. The molecular formula is C29H33ClN4O2. The van der Waals surface area contributed by atoms with Gasteiger partial charge in [-0.15, -0.1) is 0 Å². The van der Waals surface area contributed by atoms with Gasteiger partial charge in [-0.3, -0.25) is 4.98 Å². The third-order valence-electron chi connectivity index (χ3n) is 6.97. The largest absolute Gasteiger partial charge is 0.444 e. The summed E-state index contributed by atoms with van der Waals surface area (Å²) in [7, 11) is 0. The van der Waals surface area contributed by atoms with Crippen molar-refractivity contribution in [1.82, 2.24) is 19.4 Å². The first-order valence-corrected chi connectivity index (χ1v) is 13.0. The van der Waals surface area contributed by atoms with Gasteiger partial charge >= 0.3 is 6.09 Å². The molecule has 1 saturated heterocycles. The fourth-order valence-electron chi connectivity index (χ4n) is 5.41. The van der Waals surface area contributed by atoms with Gasteiger partial charge in [0.05, 0.1) is 17.7 Å². The van der Waals surface area contributed by atoms with Crippen LogP contribution in [0.5, 0.6) is 0 Å². The number of benzene rings is 1. The van der Waals surface area contributed by atoms with Gasteiger partial charge in [0.1, 0.15) is 5.60 Å². The van der Waals surface area contributed by atoms with E-state index in [0.717, 1.165) is 40.4 Å². The van der Waals surface area contributed by atoms with Crippen LogP contribution in [0.4, 0.5) is 4.79 Å². The number of rotatable bonds is 3. The molecule has 2 aromatic heterocycles. The van der Waals surface area contributed by atoms with Gasteiger partial charge in [-0.1, -0.05) is 23.7 Å². The highest BCUT2D eigenvalue weighted by Gasteiger charge is 2.36. The van der Waals surface area contributed by atoms with Crippen LogP contribution in [-0.4, -0.2) is 44.2 Å². The number of carbonyl (C=O) groups is 1. The Morgan fingerprint density at radius 1 is 1.17 bits per heavy atom. The van der Waals surface area contributed by atoms with Crippen molar-refractivity contribution in [2.45, 2.75) is 58.6 Å². The van der Waals surface area contributed by atoms with Crippen molar-refractivity contribution in [1.29, 1.82) is 0 Å². The summed E-state index contributed by atoms with van der Waals surface area (Å²) in [6.45, 7) is 9.78. The van der Waals surface area contributed by atoms with E-state index in [1.165, 1.54) is 11.1 Å². The Hall–Kier alpha value is -3.12.